The molecule has 1 aromatic heterocycles. The molecule has 0 aliphatic carbocycles. The zero-order valence-corrected chi connectivity index (χ0v) is 11.7. The highest BCUT2D eigenvalue weighted by atomic mass is 32.2. The van der Waals surface area contributed by atoms with Crippen LogP contribution in [0, 0.1) is 5.41 Å². The van der Waals surface area contributed by atoms with Gasteiger partial charge in [0.15, 0.2) is 0 Å². The van der Waals surface area contributed by atoms with E-state index in [9.17, 15) is 0 Å². The highest BCUT2D eigenvalue weighted by molar-refractivity contribution is 7.99. The lowest BCUT2D eigenvalue weighted by Crippen LogP contribution is -2.41. The van der Waals surface area contributed by atoms with Crippen LogP contribution >= 0.6 is 11.8 Å². The fourth-order valence-corrected chi connectivity index (χ4v) is 4.06. The van der Waals surface area contributed by atoms with E-state index in [0.717, 1.165) is 5.52 Å². The van der Waals surface area contributed by atoms with Gasteiger partial charge in [-0.2, -0.15) is 16.9 Å². The van der Waals surface area contributed by atoms with Crippen molar-refractivity contribution in [2.45, 2.75) is 26.3 Å². The van der Waals surface area contributed by atoms with Gasteiger partial charge in [-0.3, -0.25) is 5.10 Å². The maximum Gasteiger partial charge on any atom is 0.0881 e. The molecule has 2 aromatic rings. The summed E-state index contributed by atoms with van der Waals surface area (Å²) in [6.07, 6.45) is 3.15. The van der Waals surface area contributed by atoms with Crippen LogP contribution in [-0.4, -0.2) is 27.7 Å². The maximum absolute atomic E-state index is 4.12. The van der Waals surface area contributed by atoms with Crippen molar-refractivity contribution in [2.24, 2.45) is 5.41 Å². The summed E-state index contributed by atoms with van der Waals surface area (Å²) in [5, 5.41) is 12.1. The fourth-order valence-electron chi connectivity index (χ4n) is 2.45. The fraction of sp³-hybridized carbons (Fsp3) is 0.500. The van der Waals surface area contributed by atoms with E-state index < -0.39 is 0 Å². The molecular weight excluding hydrogens is 242 g/mol. The van der Waals surface area contributed by atoms with Gasteiger partial charge < -0.3 is 5.32 Å². The second kappa shape index (κ2) is 4.50. The van der Waals surface area contributed by atoms with E-state index in [0.29, 0.717) is 11.5 Å². The largest absolute Gasteiger partial charge is 0.379 e. The molecule has 1 atom stereocenters. The lowest BCUT2D eigenvalue weighted by atomic mass is 9.82. The van der Waals surface area contributed by atoms with Crippen molar-refractivity contribution in [1.82, 2.24) is 10.2 Å². The molecule has 2 N–H and O–H groups in total. The minimum absolute atomic E-state index is 0.355. The predicted octanol–water partition coefficient (Wildman–Crippen LogP) is 3.51. The van der Waals surface area contributed by atoms with Crippen molar-refractivity contribution < 1.29 is 0 Å². The van der Waals surface area contributed by atoms with Crippen molar-refractivity contribution in [1.29, 1.82) is 0 Å². The third-order valence-corrected chi connectivity index (χ3v) is 4.99. The summed E-state index contributed by atoms with van der Waals surface area (Å²) in [5.41, 5.74) is 2.64. The summed E-state index contributed by atoms with van der Waals surface area (Å²) in [6.45, 7) is 4.72. The maximum atomic E-state index is 4.12. The second-order valence-electron chi connectivity index (χ2n) is 5.65. The Morgan fingerprint density at radius 2 is 2.33 bits per heavy atom. The third-order valence-electron chi connectivity index (χ3n) is 3.92. The van der Waals surface area contributed by atoms with Crippen LogP contribution in [0.5, 0.6) is 0 Å². The Bertz CT molecular complexity index is 547. The molecule has 3 rings (SSSR count). The molecule has 0 saturated carbocycles. The summed E-state index contributed by atoms with van der Waals surface area (Å²) in [6, 6.07) is 6.83. The number of nitrogens with one attached hydrogen (secondary N) is 2. The Labute approximate surface area is 112 Å². The molecule has 0 bridgehead atoms. The molecule has 18 heavy (non-hydrogen) atoms. The normalized spacial score (nSPS) is 23.1. The Morgan fingerprint density at radius 1 is 1.44 bits per heavy atom. The van der Waals surface area contributed by atoms with Crippen LogP contribution in [-0.2, 0) is 0 Å². The Kier molecular flexibility index (Phi) is 2.98. The van der Waals surface area contributed by atoms with Gasteiger partial charge in [0.2, 0.25) is 0 Å². The zero-order valence-electron chi connectivity index (χ0n) is 10.9. The van der Waals surface area contributed by atoms with Gasteiger partial charge in [0.05, 0.1) is 17.4 Å². The minimum Gasteiger partial charge on any atom is -0.379 e. The van der Waals surface area contributed by atoms with Crippen LogP contribution in [0.1, 0.15) is 20.3 Å². The number of rotatable bonds is 2. The predicted molar refractivity (Wildman–Crippen MR) is 79.2 cm³/mol. The average Bonchev–Trinajstić information content (AvgIpc) is 2.81. The summed E-state index contributed by atoms with van der Waals surface area (Å²) < 4.78 is 0. The number of fused-ring (bicyclic) bond motifs is 1. The van der Waals surface area contributed by atoms with Gasteiger partial charge in [-0.1, -0.05) is 26.0 Å². The van der Waals surface area contributed by atoms with Gasteiger partial charge in [0.25, 0.3) is 0 Å². The first-order valence-corrected chi connectivity index (χ1v) is 7.59. The molecule has 4 heteroatoms. The van der Waals surface area contributed by atoms with Crippen molar-refractivity contribution in [2.75, 3.05) is 16.8 Å². The number of H-pyrrole nitrogens is 1. The van der Waals surface area contributed by atoms with E-state index in [-0.39, 0.29) is 0 Å². The number of thioether (sulfide) groups is 1. The average molecular weight is 261 g/mol. The van der Waals surface area contributed by atoms with Crippen LogP contribution < -0.4 is 5.32 Å². The van der Waals surface area contributed by atoms with E-state index >= 15 is 0 Å². The van der Waals surface area contributed by atoms with Crippen LogP contribution in [0.25, 0.3) is 10.9 Å². The number of hydrogen-bond acceptors (Lipinski definition) is 3. The highest BCUT2D eigenvalue weighted by Gasteiger charge is 2.32. The summed E-state index contributed by atoms with van der Waals surface area (Å²) in [4.78, 5) is 0. The molecule has 1 unspecified atom stereocenters. The molecule has 0 spiro atoms. The number of aromatic amines is 1. The standard InChI is InChI=1S/C14H19N3S/c1-14(2)6-7-18-9-12(14)16-11-5-3-4-10-8-15-17-13(10)11/h3-5,8,12,16H,6-7,9H2,1-2H3,(H,15,17). The van der Waals surface area contributed by atoms with Crippen LogP contribution in [0.2, 0.25) is 0 Å². The summed E-state index contributed by atoms with van der Waals surface area (Å²) in [5.74, 6) is 2.46. The van der Waals surface area contributed by atoms with Gasteiger partial charge in [0, 0.05) is 17.2 Å². The Balaban J connectivity index is 1.89. The molecule has 1 aliphatic heterocycles. The molecule has 3 nitrogen and oxygen atoms in total. The number of hydrogen-bond donors (Lipinski definition) is 2. The van der Waals surface area contributed by atoms with Crippen molar-refractivity contribution in [3.8, 4) is 0 Å². The van der Waals surface area contributed by atoms with Crippen LogP contribution in [0.4, 0.5) is 5.69 Å². The van der Waals surface area contributed by atoms with E-state index in [1.807, 2.05) is 18.0 Å². The van der Waals surface area contributed by atoms with Gasteiger partial charge >= 0.3 is 0 Å². The van der Waals surface area contributed by atoms with Crippen molar-refractivity contribution in [3.63, 3.8) is 0 Å². The number of aromatic nitrogens is 2. The molecule has 1 fully saturated rings. The van der Waals surface area contributed by atoms with Crippen molar-refractivity contribution >= 4 is 28.4 Å². The lowest BCUT2D eigenvalue weighted by molar-refractivity contribution is 0.305. The number of nitrogens with zero attached hydrogens (tertiary/aromatic N) is 1. The van der Waals surface area contributed by atoms with Crippen LogP contribution in [0.15, 0.2) is 24.4 Å². The van der Waals surface area contributed by atoms with E-state index in [4.69, 9.17) is 0 Å². The molecule has 0 radical (unpaired) electrons. The molecular formula is C14H19N3S. The lowest BCUT2D eigenvalue weighted by Gasteiger charge is -2.39. The SMILES string of the molecule is CC1(C)CCSCC1Nc1cccc2cn[nH]c12. The first-order chi connectivity index (χ1) is 8.67. The van der Waals surface area contributed by atoms with E-state index in [1.165, 1.54) is 29.0 Å². The monoisotopic (exact) mass is 261 g/mol. The molecule has 96 valence electrons. The smallest absolute Gasteiger partial charge is 0.0881 e. The van der Waals surface area contributed by atoms with Gasteiger partial charge in [-0.25, -0.2) is 0 Å². The first kappa shape index (κ1) is 11.9. The van der Waals surface area contributed by atoms with E-state index in [2.05, 4.69) is 47.6 Å². The second-order valence-corrected chi connectivity index (χ2v) is 6.80. The van der Waals surface area contributed by atoms with Crippen molar-refractivity contribution in [3.05, 3.63) is 24.4 Å². The highest BCUT2D eigenvalue weighted by Crippen LogP contribution is 2.36. The zero-order chi connectivity index (χ0) is 12.6. The minimum atomic E-state index is 0.355. The quantitative estimate of drug-likeness (QED) is 0.869. The Hall–Kier alpha value is -1.16. The molecule has 1 aliphatic rings. The molecule has 1 saturated heterocycles. The van der Waals surface area contributed by atoms with Gasteiger partial charge in [-0.05, 0) is 23.7 Å². The molecule has 2 heterocycles. The first-order valence-electron chi connectivity index (χ1n) is 6.43. The van der Waals surface area contributed by atoms with Gasteiger partial charge in [-0.15, -0.1) is 0 Å². The molecule has 1 aromatic carbocycles. The number of benzene rings is 1. The molecule has 0 amide bonds. The summed E-state index contributed by atoms with van der Waals surface area (Å²) in [7, 11) is 0. The van der Waals surface area contributed by atoms with Gasteiger partial charge in [0.1, 0.15) is 0 Å². The summed E-state index contributed by atoms with van der Waals surface area (Å²) >= 11 is 2.04. The number of anilines is 1. The van der Waals surface area contributed by atoms with Crippen LogP contribution in [0.3, 0.4) is 0 Å². The Morgan fingerprint density at radius 3 is 3.17 bits per heavy atom. The topological polar surface area (TPSA) is 40.7 Å². The third kappa shape index (κ3) is 2.09. The number of para-hydroxylation sites is 1. The van der Waals surface area contributed by atoms with E-state index in [1.54, 1.807) is 0 Å².